The number of ketones is 1. The van der Waals surface area contributed by atoms with E-state index in [2.05, 4.69) is 10.3 Å². The van der Waals surface area contributed by atoms with Crippen molar-refractivity contribution < 1.29 is 28.8 Å². The number of non-ortho nitro benzene ring substituents is 1. The third-order valence-corrected chi connectivity index (χ3v) is 4.97. The Kier molecular flexibility index (Phi) is 7.96. The van der Waals surface area contributed by atoms with E-state index in [1.165, 1.54) is 24.3 Å². The summed E-state index contributed by atoms with van der Waals surface area (Å²) in [6.45, 7) is 3.37. The molecule has 2 aromatic carbocycles. The van der Waals surface area contributed by atoms with Gasteiger partial charge in [0, 0.05) is 41.2 Å². The molecule has 10 nitrogen and oxygen atoms in total. The smallest absolute Gasteiger partial charge is 0.407 e. The van der Waals surface area contributed by atoms with E-state index < -0.39 is 35.4 Å². The summed E-state index contributed by atoms with van der Waals surface area (Å²) in [7, 11) is 0. The van der Waals surface area contributed by atoms with E-state index in [1.54, 1.807) is 6.20 Å². The first kappa shape index (κ1) is 24.4. The Morgan fingerprint density at radius 3 is 2.44 bits per heavy atom. The Labute approximate surface area is 195 Å². The highest BCUT2D eigenvalue weighted by atomic mass is 16.6. The number of ether oxygens (including phenoxy) is 2. The van der Waals surface area contributed by atoms with Crippen molar-refractivity contribution in [1.29, 1.82) is 0 Å². The molecule has 0 saturated heterocycles. The van der Waals surface area contributed by atoms with Crippen LogP contribution in [0.5, 0.6) is 0 Å². The zero-order chi connectivity index (χ0) is 24.7. The van der Waals surface area contributed by atoms with Crippen LogP contribution in [0.25, 0.3) is 10.9 Å². The van der Waals surface area contributed by atoms with Gasteiger partial charge in [-0.2, -0.15) is 0 Å². The molecule has 0 aliphatic carbocycles. The van der Waals surface area contributed by atoms with Gasteiger partial charge in [0.25, 0.3) is 5.69 Å². The van der Waals surface area contributed by atoms with E-state index in [0.29, 0.717) is 0 Å². The lowest BCUT2D eigenvalue weighted by molar-refractivity contribution is -0.384. The number of alkyl carbamates (subject to hydrolysis) is 1. The second-order valence-electron chi connectivity index (χ2n) is 8.09. The second-order valence-corrected chi connectivity index (χ2v) is 8.09. The number of para-hydroxylation sites is 1. The fourth-order valence-electron chi connectivity index (χ4n) is 3.23. The predicted molar refractivity (Wildman–Crippen MR) is 123 cm³/mol. The van der Waals surface area contributed by atoms with Crippen molar-refractivity contribution in [3.8, 4) is 0 Å². The highest BCUT2D eigenvalue weighted by molar-refractivity contribution is 5.98. The lowest BCUT2D eigenvalue weighted by Gasteiger charge is -2.18. The number of carbonyl (C=O) groups excluding carboxylic acids is 3. The second kappa shape index (κ2) is 11.1. The standard InChI is InChI=1S/C24H25N3O7/c1-15(2)13-34-24(30)26-21(11-17-12-25-20-6-4-3-5-19(17)20)23(29)33-14-22(28)16-7-9-18(10-8-16)27(31)32/h3-10,12,15,21,25H,11,13-14H2,1-2H3,(H,26,30)/t21-/m1/s1. The van der Waals surface area contributed by atoms with Crippen LogP contribution in [0.4, 0.5) is 10.5 Å². The molecule has 0 bridgehead atoms. The third-order valence-electron chi connectivity index (χ3n) is 4.97. The van der Waals surface area contributed by atoms with E-state index in [9.17, 15) is 24.5 Å². The number of nitro benzene ring substituents is 1. The Hall–Kier alpha value is -4.21. The first-order valence-electron chi connectivity index (χ1n) is 10.7. The Morgan fingerprint density at radius 2 is 1.76 bits per heavy atom. The van der Waals surface area contributed by atoms with Gasteiger partial charge in [-0.15, -0.1) is 0 Å². The van der Waals surface area contributed by atoms with Crippen molar-refractivity contribution >= 4 is 34.4 Å². The average molecular weight is 467 g/mol. The number of nitrogens with zero attached hydrogens (tertiary/aromatic N) is 1. The molecule has 0 radical (unpaired) electrons. The summed E-state index contributed by atoms with van der Waals surface area (Å²) in [5.74, 6) is -1.22. The Bertz CT molecular complexity index is 1180. The Balaban J connectivity index is 1.69. The zero-order valence-electron chi connectivity index (χ0n) is 18.8. The molecule has 0 aliphatic heterocycles. The maximum Gasteiger partial charge on any atom is 0.407 e. The van der Waals surface area contributed by atoms with Gasteiger partial charge in [0.1, 0.15) is 6.04 Å². The fraction of sp³-hybridized carbons (Fsp3) is 0.292. The number of nitro groups is 1. The number of benzene rings is 2. The topological polar surface area (TPSA) is 141 Å². The molecule has 2 N–H and O–H groups in total. The summed E-state index contributed by atoms with van der Waals surface area (Å²) < 4.78 is 10.3. The summed E-state index contributed by atoms with van der Waals surface area (Å²) >= 11 is 0. The molecular formula is C24H25N3O7. The summed E-state index contributed by atoms with van der Waals surface area (Å²) in [6, 6.07) is 11.4. The van der Waals surface area contributed by atoms with Crippen LogP contribution in [0.3, 0.4) is 0 Å². The molecular weight excluding hydrogens is 442 g/mol. The van der Waals surface area contributed by atoms with Gasteiger partial charge < -0.3 is 19.8 Å². The largest absolute Gasteiger partial charge is 0.456 e. The molecule has 0 saturated carbocycles. The number of amides is 1. The molecule has 0 unspecified atom stereocenters. The van der Waals surface area contributed by atoms with E-state index >= 15 is 0 Å². The first-order chi connectivity index (χ1) is 16.2. The normalized spacial score (nSPS) is 11.7. The van der Waals surface area contributed by atoms with Crippen molar-refractivity contribution in [3.63, 3.8) is 0 Å². The minimum atomic E-state index is -1.09. The molecule has 0 aliphatic rings. The van der Waals surface area contributed by atoms with Gasteiger partial charge in [0.15, 0.2) is 12.4 Å². The summed E-state index contributed by atoms with van der Waals surface area (Å²) in [4.78, 5) is 50.7. The number of Topliss-reactive ketones (excluding diaryl/α,β-unsaturated/α-hetero) is 1. The van der Waals surface area contributed by atoms with Crippen molar-refractivity contribution in [3.05, 3.63) is 76.0 Å². The number of aromatic nitrogens is 1. The van der Waals surface area contributed by atoms with Gasteiger partial charge in [0.05, 0.1) is 11.5 Å². The van der Waals surface area contributed by atoms with Gasteiger partial charge >= 0.3 is 12.1 Å². The van der Waals surface area contributed by atoms with Crippen LogP contribution >= 0.6 is 0 Å². The van der Waals surface area contributed by atoms with E-state index in [1.807, 2.05) is 38.1 Å². The number of aromatic amines is 1. The van der Waals surface area contributed by atoms with Crippen LogP contribution < -0.4 is 5.32 Å². The summed E-state index contributed by atoms with van der Waals surface area (Å²) in [5.41, 5.74) is 1.66. The molecule has 10 heteroatoms. The fourth-order valence-corrected chi connectivity index (χ4v) is 3.23. The van der Waals surface area contributed by atoms with E-state index in [-0.39, 0.29) is 30.2 Å². The number of carbonyl (C=O) groups is 3. The SMILES string of the molecule is CC(C)COC(=O)N[C@H](Cc1c[nH]c2ccccc12)C(=O)OCC(=O)c1ccc([N+](=O)[O-])cc1. The molecule has 1 aromatic heterocycles. The number of fused-ring (bicyclic) bond motifs is 1. The van der Waals surface area contributed by atoms with Crippen molar-refractivity contribution in [2.75, 3.05) is 13.2 Å². The number of esters is 1. The molecule has 0 spiro atoms. The maximum absolute atomic E-state index is 12.8. The lowest BCUT2D eigenvalue weighted by atomic mass is 10.1. The average Bonchev–Trinajstić information content (AvgIpc) is 3.23. The van der Waals surface area contributed by atoms with Gasteiger partial charge in [-0.25, -0.2) is 9.59 Å². The molecule has 1 atom stereocenters. The molecule has 3 aromatic rings. The molecule has 1 heterocycles. The summed E-state index contributed by atoms with van der Waals surface area (Å²) in [6.07, 6.45) is 1.09. The van der Waals surface area contributed by atoms with Gasteiger partial charge in [0.2, 0.25) is 0 Å². The van der Waals surface area contributed by atoms with Crippen LogP contribution in [0.2, 0.25) is 0 Å². The highest BCUT2D eigenvalue weighted by Gasteiger charge is 2.26. The number of H-pyrrole nitrogens is 1. The minimum Gasteiger partial charge on any atom is -0.456 e. The van der Waals surface area contributed by atoms with E-state index in [0.717, 1.165) is 16.5 Å². The molecule has 1 amide bonds. The van der Waals surface area contributed by atoms with Gasteiger partial charge in [-0.05, 0) is 29.7 Å². The lowest BCUT2D eigenvalue weighted by Crippen LogP contribution is -2.44. The van der Waals surface area contributed by atoms with E-state index in [4.69, 9.17) is 9.47 Å². The van der Waals surface area contributed by atoms with Crippen LogP contribution in [-0.2, 0) is 20.7 Å². The predicted octanol–water partition coefficient (Wildman–Crippen LogP) is 3.80. The number of nitrogens with one attached hydrogen (secondary N) is 2. The van der Waals surface area contributed by atoms with Crippen LogP contribution in [-0.4, -0.2) is 47.0 Å². The van der Waals surface area contributed by atoms with Crippen molar-refractivity contribution in [2.24, 2.45) is 5.92 Å². The molecule has 3 rings (SSSR count). The van der Waals surface area contributed by atoms with Crippen molar-refractivity contribution in [2.45, 2.75) is 26.3 Å². The molecule has 0 fully saturated rings. The first-order valence-corrected chi connectivity index (χ1v) is 10.7. The quantitative estimate of drug-likeness (QED) is 0.200. The maximum atomic E-state index is 12.8. The third kappa shape index (κ3) is 6.41. The van der Waals surface area contributed by atoms with Crippen LogP contribution in [0.15, 0.2) is 54.7 Å². The number of hydrogen-bond acceptors (Lipinski definition) is 7. The molecule has 34 heavy (non-hydrogen) atoms. The summed E-state index contributed by atoms with van der Waals surface area (Å²) in [5, 5.41) is 14.2. The van der Waals surface area contributed by atoms with Crippen LogP contribution in [0, 0.1) is 16.0 Å². The molecule has 178 valence electrons. The van der Waals surface area contributed by atoms with Crippen LogP contribution in [0.1, 0.15) is 29.8 Å². The monoisotopic (exact) mass is 467 g/mol. The highest BCUT2D eigenvalue weighted by Crippen LogP contribution is 2.20. The Morgan fingerprint density at radius 1 is 1.06 bits per heavy atom. The van der Waals surface area contributed by atoms with Crippen molar-refractivity contribution in [1.82, 2.24) is 10.3 Å². The zero-order valence-corrected chi connectivity index (χ0v) is 18.8. The number of hydrogen-bond donors (Lipinski definition) is 2. The van der Waals surface area contributed by atoms with Gasteiger partial charge in [-0.1, -0.05) is 32.0 Å². The van der Waals surface area contributed by atoms with Gasteiger partial charge in [-0.3, -0.25) is 14.9 Å². The number of rotatable bonds is 10. The minimum absolute atomic E-state index is 0.115.